The minimum atomic E-state index is 0.887. The monoisotopic (exact) mass is 390 g/mol. The summed E-state index contributed by atoms with van der Waals surface area (Å²) >= 11 is 0. The predicted molar refractivity (Wildman–Crippen MR) is 128 cm³/mol. The Labute approximate surface area is 175 Å². The van der Waals surface area contributed by atoms with E-state index >= 15 is 0 Å². The second kappa shape index (κ2) is 7.52. The Hall–Kier alpha value is -3.86. The summed E-state index contributed by atoms with van der Waals surface area (Å²) in [5.74, 6) is 11.1. The van der Waals surface area contributed by atoms with Crippen molar-refractivity contribution in [2.24, 2.45) is 11.7 Å². The lowest BCUT2D eigenvalue weighted by molar-refractivity contribution is 1.35. The molecule has 6 N–H and O–H groups in total. The summed E-state index contributed by atoms with van der Waals surface area (Å²) in [7, 11) is 0. The Morgan fingerprint density at radius 1 is 0.400 bits per heavy atom. The summed E-state index contributed by atoms with van der Waals surface area (Å²) in [6.07, 6.45) is 0. The molecule has 0 saturated heterocycles. The Kier molecular flexibility index (Phi) is 4.56. The SMILES string of the molecule is NNc1ccc(-c2c3ccccc3c(-c3ccc(NN)cc3)c3ccccc23)cc1. The second-order valence-corrected chi connectivity index (χ2v) is 7.28. The molecule has 0 atom stereocenters. The lowest BCUT2D eigenvalue weighted by Gasteiger charge is -2.18. The van der Waals surface area contributed by atoms with Crippen molar-refractivity contribution in [3.05, 3.63) is 97.1 Å². The van der Waals surface area contributed by atoms with Crippen LogP contribution in [0.15, 0.2) is 97.1 Å². The van der Waals surface area contributed by atoms with E-state index in [1.165, 1.54) is 32.7 Å². The van der Waals surface area contributed by atoms with Gasteiger partial charge in [0, 0.05) is 11.4 Å². The normalized spacial score (nSPS) is 11.0. The topological polar surface area (TPSA) is 76.1 Å². The van der Waals surface area contributed by atoms with Gasteiger partial charge in [0.15, 0.2) is 0 Å². The molecule has 0 aliphatic rings. The average Bonchev–Trinajstić information content (AvgIpc) is 2.82. The first kappa shape index (κ1) is 18.2. The van der Waals surface area contributed by atoms with Crippen LogP contribution in [-0.2, 0) is 0 Å². The number of rotatable bonds is 4. The highest BCUT2D eigenvalue weighted by molar-refractivity contribution is 6.21. The Bertz CT molecular complexity index is 1180. The van der Waals surface area contributed by atoms with Gasteiger partial charge in [-0.2, -0.15) is 0 Å². The molecule has 4 nitrogen and oxygen atoms in total. The Morgan fingerprint density at radius 3 is 0.967 bits per heavy atom. The standard InChI is InChI=1S/C26H22N4/c27-29-19-13-9-17(10-14-19)25-21-5-1-2-6-22(21)26(24-8-4-3-7-23(24)25)18-11-15-20(30-28)16-12-18/h1-16,29-30H,27-28H2. The number of fused-ring (bicyclic) bond motifs is 2. The van der Waals surface area contributed by atoms with E-state index in [2.05, 4.69) is 83.6 Å². The van der Waals surface area contributed by atoms with Crippen LogP contribution in [0.4, 0.5) is 11.4 Å². The molecule has 0 saturated carbocycles. The zero-order valence-corrected chi connectivity index (χ0v) is 16.4. The summed E-state index contributed by atoms with van der Waals surface area (Å²) < 4.78 is 0. The molecule has 0 fully saturated rings. The number of anilines is 2. The predicted octanol–water partition coefficient (Wildman–Crippen LogP) is 5.90. The third-order valence-electron chi connectivity index (χ3n) is 5.61. The van der Waals surface area contributed by atoms with Crippen molar-refractivity contribution in [3.8, 4) is 22.3 Å². The molecule has 0 bridgehead atoms. The van der Waals surface area contributed by atoms with Crippen LogP contribution >= 0.6 is 0 Å². The molecule has 5 rings (SSSR count). The van der Waals surface area contributed by atoms with Crippen LogP contribution in [0.1, 0.15) is 0 Å². The highest BCUT2D eigenvalue weighted by Crippen LogP contribution is 2.43. The van der Waals surface area contributed by atoms with E-state index in [-0.39, 0.29) is 0 Å². The molecule has 0 unspecified atom stereocenters. The largest absolute Gasteiger partial charge is 0.324 e. The van der Waals surface area contributed by atoms with Crippen LogP contribution in [0.2, 0.25) is 0 Å². The van der Waals surface area contributed by atoms with Crippen LogP contribution in [0.3, 0.4) is 0 Å². The Balaban J connectivity index is 1.88. The van der Waals surface area contributed by atoms with Crippen LogP contribution in [0, 0.1) is 0 Å². The van der Waals surface area contributed by atoms with Gasteiger partial charge in [-0.25, -0.2) is 0 Å². The van der Waals surface area contributed by atoms with E-state index in [0.29, 0.717) is 0 Å². The number of nitrogens with one attached hydrogen (secondary N) is 2. The molecule has 0 aliphatic carbocycles. The summed E-state index contributed by atoms with van der Waals surface area (Å²) in [4.78, 5) is 0. The zero-order valence-electron chi connectivity index (χ0n) is 16.4. The summed E-state index contributed by atoms with van der Waals surface area (Å²) in [5.41, 5.74) is 12.0. The zero-order chi connectivity index (χ0) is 20.5. The molecule has 0 aliphatic heterocycles. The number of hydrogen-bond donors (Lipinski definition) is 4. The number of hydrogen-bond acceptors (Lipinski definition) is 4. The fourth-order valence-corrected chi connectivity index (χ4v) is 4.22. The third kappa shape index (κ3) is 2.95. The maximum absolute atomic E-state index is 5.56. The first-order valence-electron chi connectivity index (χ1n) is 9.87. The summed E-state index contributed by atoms with van der Waals surface area (Å²) in [6, 6.07) is 33.7. The van der Waals surface area contributed by atoms with Crippen molar-refractivity contribution < 1.29 is 0 Å². The van der Waals surface area contributed by atoms with Crippen molar-refractivity contribution in [2.75, 3.05) is 10.9 Å². The summed E-state index contributed by atoms with van der Waals surface area (Å²) in [5, 5.41) is 4.89. The third-order valence-corrected chi connectivity index (χ3v) is 5.61. The van der Waals surface area contributed by atoms with E-state index in [0.717, 1.165) is 22.5 Å². The van der Waals surface area contributed by atoms with Crippen molar-refractivity contribution in [1.82, 2.24) is 0 Å². The van der Waals surface area contributed by atoms with Gasteiger partial charge < -0.3 is 10.9 Å². The molecule has 30 heavy (non-hydrogen) atoms. The van der Waals surface area contributed by atoms with Gasteiger partial charge in [0.2, 0.25) is 0 Å². The van der Waals surface area contributed by atoms with Crippen molar-refractivity contribution in [2.45, 2.75) is 0 Å². The Morgan fingerprint density at radius 2 is 0.700 bits per heavy atom. The summed E-state index contributed by atoms with van der Waals surface area (Å²) in [6.45, 7) is 0. The van der Waals surface area contributed by atoms with E-state index in [1.807, 2.05) is 24.3 Å². The molecule has 4 heteroatoms. The van der Waals surface area contributed by atoms with Crippen LogP contribution < -0.4 is 22.5 Å². The maximum Gasteiger partial charge on any atom is 0.0485 e. The first-order chi connectivity index (χ1) is 14.8. The van der Waals surface area contributed by atoms with Crippen LogP contribution in [-0.4, -0.2) is 0 Å². The smallest absolute Gasteiger partial charge is 0.0485 e. The minimum Gasteiger partial charge on any atom is -0.324 e. The van der Waals surface area contributed by atoms with Crippen molar-refractivity contribution in [3.63, 3.8) is 0 Å². The van der Waals surface area contributed by atoms with Gasteiger partial charge in [0.25, 0.3) is 0 Å². The average molecular weight is 390 g/mol. The van der Waals surface area contributed by atoms with Gasteiger partial charge in [0.05, 0.1) is 0 Å². The van der Waals surface area contributed by atoms with E-state index < -0.39 is 0 Å². The van der Waals surface area contributed by atoms with E-state index in [9.17, 15) is 0 Å². The minimum absolute atomic E-state index is 0.887. The molecule has 0 amide bonds. The molecule has 0 radical (unpaired) electrons. The van der Waals surface area contributed by atoms with Gasteiger partial charge in [-0.3, -0.25) is 11.7 Å². The number of benzene rings is 5. The van der Waals surface area contributed by atoms with E-state index in [1.54, 1.807) is 0 Å². The van der Waals surface area contributed by atoms with Crippen molar-refractivity contribution >= 4 is 32.9 Å². The maximum atomic E-state index is 5.56. The highest BCUT2D eigenvalue weighted by Gasteiger charge is 2.16. The quantitative estimate of drug-likeness (QED) is 0.175. The molecule has 0 aromatic heterocycles. The number of hydrazine groups is 2. The number of nitrogens with two attached hydrogens (primary N) is 2. The lowest BCUT2D eigenvalue weighted by atomic mass is 9.86. The van der Waals surface area contributed by atoms with E-state index in [4.69, 9.17) is 11.7 Å². The second-order valence-electron chi connectivity index (χ2n) is 7.28. The molecular weight excluding hydrogens is 368 g/mol. The lowest BCUT2D eigenvalue weighted by Crippen LogP contribution is -2.06. The van der Waals surface area contributed by atoms with Gasteiger partial charge in [-0.15, -0.1) is 0 Å². The molecule has 5 aromatic rings. The molecule has 0 spiro atoms. The molecular formula is C26H22N4. The van der Waals surface area contributed by atoms with Gasteiger partial charge >= 0.3 is 0 Å². The van der Waals surface area contributed by atoms with Crippen molar-refractivity contribution in [1.29, 1.82) is 0 Å². The molecule has 5 aromatic carbocycles. The van der Waals surface area contributed by atoms with Gasteiger partial charge in [0.1, 0.15) is 0 Å². The van der Waals surface area contributed by atoms with Crippen LogP contribution in [0.25, 0.3) is 43.8 Å². The molecule has 146 valence electrons. The first-order valence-corrected chi connectivity index (χ1v) is 9.87. The molecule has 0 heterocycles. The highest BCUT2D eigenvalue weighted by atomic mass is 15.2. The fraction of sp³-hybridized carbons (Fsp3) is 0. The number of nitrogen functional groups attached to an aromatic ring is 2. The fourth-order valence-electron chi connectivity index (χ4n) is 4.22. The van der Waals surface area contributed by atoms with Crippen LogP contribution in [0.5, 0.6) is 0 Å². The van der Waals surface area contributed by atoms with Gasteiger partial charge in [-0.1, -0.05) is 72.8 Å². The van der Waals surface area contributed by atoms with Gasteiger partial charge in [-0.05, 0) is 68.1 Å².